The van der Waals surface area contributed by atoms with Crippen LogP contribution in [0.4, 0.5) is 0 Å². The topological polar surface area (TPSA) is 17.1 Å². The van der Waals surface area contributed by atoms with E-state index in [2.05, 4.69) is 0 Å². The third-order valence-corrected chi connectivity index (χ3v) is 0. The molecule has 0 rings (SSSR count). The van der Waals surface area contributed by atoms with E-state index in [9.17, 15) is 0 Å². The molecule has 0 amide bonds. The predicted molar refractivity (Wildman–Crippen MR) is 29.1 cm³/mol. The summed E-state index contributed by atoms with van der Waals surface area (Å²) < 4.78 is 8.33. The molecule has 0 radical (unpaired) electrons. The van der Waals surface area contributed by atoms with Crippen molar-refractivity contribution in [1.82, 2.24) is 0 Å². The molecule has 0 saturated carbocycles. The van der Waals surface area contributed by atoms with E-state index < -0.39 is 0 Å². The summed E-state index contributed by atoms with van der Waals surface area (Å²) in [6.07, 6.45) is 0. The molecule has 0 aromatic rings. The zero-order valence-corrected chi connectivity index (χ0v) is 5.81. The van der Waals surface area contributed by atoms with E-state index >= 15 is 0 Å². The van der Waals surface area contributed by atoms with Crippen LogP contribution in [0.1, 0.15) is 0 Å². The fourth-order valence-electron chi connectivity index (χ4n) is 0. The molecule has 0 atom stereocenters. The van der Waals surface area contributed by atoms with Gasteiger partial charge < -0.3 is 0 Å². The normalized spacial score (nSPS) is 0.667. The number of rotatable bonds is 0. The maximum Gasteiger partial charge on any atom is 0 e. The van der Waals surface area contributed by atoms with Crippen LogP contribution in [-0.2, 0) is 44.9 Å². The van der Waals surface area contributed by atoms with Crippen molar-refractivity contribution in [2.75, 3.05) is 0 Å². The summed E-state index contributed by atoms with van der Waals surface area (Å²) in [5, 5.41) is 0. The van der Waals surface area contributed by atoms with Gasteiger partial charge in [0.15, 0.2) is 0 Å². The van der Waals surface area contributed by atoms with Crippen molar-refractivity contribution < 1.29 is 44.9 Å². The van der Waals surface area contributed by atoms with Crippen molar-refractivity contribution in [3.63, 3.8) is 0 Å². The fraction of sp³-hybridized carbons (Fsp3) is 0. The van der Waals surface area contributed by atoms with E-state index in [1.54, 1.807) is 0 Å². The van der Waals surface area contributed by atoms with Crippen LogP contribution in [0.2, 0.25) is 0 Å². The molecule has 1 nitrogen and oxygen atoms in total. The maximum atomic E-state index is 8.33. The van der Waals surface area contributed by atoms with E-state index in [0.29, 0.717) is 19.8 Å². The zero-order valence-electron chi connectivity index (χ0n) is 1.32. The maximum absolute atomic E-state index is 8.33. The summed E-state index contributed by atoms with van der Waals surface area (Å²) in [7, 11) is 0. The Kier molecular flexibility index (Phi) is 178. The molecule has 0 fully saturated rings. The van der Waals surface area contributed by atoms with Crippen LogP contribution in [-0.4, -0.2) is 105 Å². The zero-order chi connectivity index (χ0) is 2.00. The number of hydrogen-bond acceptors (Lipinski definition) is 1. The number of hydrogen-bond donors (Lipinski definition) is 0. The molecule has 0 aromatic carbocycles. The van der Waals surface area contributed by atoms with Gasteiger partial charge in [0, 0.05) is 21.7 Å². The van der Waals surface area contributed by atoms with Gasteiger partial charge in [-0.05, 0) is 11.0 Å². The van der Waals surface area contributed by atoms with E-state index in [1.807, 2.05) is 0 Å². The van der Waals surface area contributed by atoms with Gasteiger partial charge in [-0.15, -0.1) is 0 Å². The van der Waals surface area contributed by atoms with Gasteiger partial charge in [0.25, 0.3) is 0 Å². The van der Waals surface area contributed by atoms with Crippen molar-refractivity contribution >= 4 is 105 Å². The molecule has 0 bridgehead atoms. The second kappa shape index (κ2) is 34.0. The minimum atomic E-state index is 0. The standard InChI is InChI=1S/Ba.O.H4Si.Sr.Ti.W.4H/h;;1H4;;;;;;;. The molecule has 6 heteroatoms. The first kappa shape index (κ1) is 31.4. The van der Waals surface area contributed by atoms with Gasteiger partial charge in [-0.2, -0.15) is 0 Å². The third-order valence-electron chi connectivity index (χ3n) is 0. The van der Waals surface area contributed by atoms with Crippen LogP contribution in [0.25, 0.3) is 0 Å². The Morgan fingerprint density at radius 1 is 1.17 bits per heavy atom. The Hall–Kier alpha value is 4.47. The first-order valence-electron chi connectivity index (χ1n) is 0.167. The van der Waals surface area contributed by atoms with Crippen LogP contribution in [0.15, 0.2) is 0 Å². The molecule has 0 aromatic heterocycles. The summed E-state index contributed by atoms with van der Waals surface area (Å²) in [5.41, 5.74) is 0. The van der Waals surface area contributed by atoms with Crippen molar-refractivity contribution in [1.29, 1.82) is 0 Å². The molecule has 0 spiro atoms. The molecule has 6 heavy (non-hydrogen) atoms. The van der Waals surface area contributed by atoms with E-state index in [0.717, 1.165) is 0 Å². The molecular formula is H8BaOSiSrTiW. The smallest absolute Gasteiger partial charge is 0 e. The summed E-state index contributed by atoms with van der Waals surface area (Å²) in [6.45, 7) is 0. The SMILES string of the molecule is [BaH2].[O]=[W].[SiH4].[SrH2].[Ti]. The fourth-order valence-corrected chi connectivity index (χ4v) is 0. The van der Waals surface area contributed by atoms with Gasteiger partial charge >= 0.3 is 118 Å². The molecule has 32 valence electrons. The average molecular weight is 509 g/mol. The minimum absolute atomic E-state index is 0. The van der Waals surface area contributed by atoms with Crippen LogP contribution in [0.5, 0.6) is 0 Å². The second-order valence-corrected chi connectivity index (χ2v) is 0. The van der Waals surface area contributed by atoms with Crippen molar-refractivity contribution in [2.45, 2.75) is 0 Å². The molecule has 0 N–H and O–H groups in total. The average Bonchev–Trinajstić information content (AvgIpc) is 1.00. The summed E-state index contributed by atoms with van der Waals surface area (Å²) in [6, 6.07) is 0. The van der Waals surface area contributed by atoms with Gasteiger partial charge in [-0.25, -0.2) is 0 Å². The predicted octanol–water partition coefficient (Wildman–Crippen LogP) is -3.41. The quantitative estimate of drug-likeness (QED) is 0.312. The Balaban J connectivity index is -0.000000000833. The Morgan fingerprint density at radius 2 is 1.17 bits per heavy atom. The van der Waals surface area contributed by atoms with E-state index in [-0.39, 0.29) is 127 Å². The molecule has 0 aliphatic heterocycles. The summed E-state index contributed by atoms with van der Waals surface area (Å²) in [4.78, 5) is 0. The monoisotopic (exact) mass is 510 g/mol. The Bertz CT molecular complexity index is 15.5. The molecule has 0 aliphatic rings. The van der Waals surface area contributed by atoms with Crippen LogP contribution in [0, 0.1) is 0 Å². The van der Waals surface area contributed by atoms with Crippen molar-refractivity contribution in [3.8, 4) is 0 Å². The Labute approximate surface area is 146 Å². The van der Waals surface area contributed by atoms with Crippen LogP contribution < -0.4 is 0 Å². The van der Waals surface area contributed by atoms with E-state index in [1.165, 1.54) is 0 Å². The van der Waals surface area contributed by atoms with Crippen molar-refractivity contribution in [2.24, 2.45) is 0 Å². The van der Waals surface area contributed by atoms with Gasteiger partial charge in [-0.3, -0.25) is 0 Å². The van der Waals surface area contributed by atoms with Gasteiger partial charge in [0.1, 0.15) is 0 Å². The van der Waals surface area contributed by atoms with E-state index in [4.69, 9.17) is 3.40 Å². The first-order valence-corrected chi connectivity index (χ1v) is 1.36. The van der Waals surface area contributed by atoms with Crippen molar-refractivity contribution in [3.05, 3.63) is 0 Å². The summed E-state index contributed by atoms with van der Waals surface area (Å²) >= 11 is 0.333. The van der Waals surface area contributed by atoms with Crippen LogP contribution in [0.3, 0.4) is 0 Å². The van der Waals surface area contributed by atoms with Gasteiger partial charge in [0.2, 0.25) is 0 Å². The Morgan fingerprint density at radius 3 is 1.17 bits per heavy atom. The van der Waals surface area contributed by atoms with Gasteiger partial charge in [-0.1, -0.05) is 0 Å². The largest absolute Gasteiger partial charge is 0 e. The molecule has 0 aliphatic carbocycles. The molecule has 0 heterocycles. The molecule has 0 saturated heterocycles. The second-order valence-electron chi connectivity index (χ2n) is 0. The third kappa shape index (κ3) is 23.7. The summed E-state index contributed by atoms with van der Waals surface area (Å²) in [5.74, 6) is 0. The van der Waals surface area contributed by atoms with Crippen LogP contribution >= 0.6 is 0 Å². The minimum Gasteiger partial charge on any atom is 0 e. The first-order chi connectivity index (χ1) is 1.00. The van der Waals surface area contributed by atoms with Gasteiger partial charge in [0.05, 0.1) is 0 Å². The molecular weight excluding hydrogens is 501 g/mol. The molecule has 0 unspecified atom stereocenters.